The fourth-order valence-corrected chi connectivity index (χ4v) is 11.9. The van der Waals surface area contributed by atoms with E-state index in [0.717, 1.165) is 28.1 Å². The fourth-order valence-electron chi connectivity index (χ4n) is 6.06. The lowest BCUT2D eigenvalue weighted by Gasteiger charge is -2.15. The van der Waals surface area contributed by atoms with Crippen molar-refractivity contribution in [3.05, 3.63) is 63.2 Å². The second-order valence-electron chi connectivity index (χ2n) is 19.2. The van der Waals surface area contributed by atoms with Crippen LogP contribution in [0.1, 0.15) is 87.9 Å². The van der Waals surface area contributed by atoms with Crippen molar-refractivity contribution in [3.63, 3.8) is 0 Å². The highest BCUT2D eigenvalue weighted by Crippen LogP contribution is 2.40. The van der Waals surface area contributed by atoms with Crippen molar-refractivity contribution >= 4 is 104 Å². The summed E-state index contributed by atoms with van der Waals surface area (Å²) in [5.41, 5.74) is 7.30. The molecule has 3 aromatic carbocycles. The van der Waals surface area contributed by atoms with Gasteiger partial charge in [-0.15, -0.1) is 11.8 Å². The molecule has 5 atom stereocenters. The zero-order chi connectivity index (χ0) is 58.0. The van der Waals surface area contributed by atoms with E-state index in [-0.39, 0.29) is 67.9 Å². The van der Waals surface area contributed by atoms with Crippen LogP contribution < -0.4 is 5.73 Å². The highest BCUT2D eigenvalue weighted by atomic mass is 35.5. The molecular weight excluding hydrogens is 1120 g/mol. The van der Waals surface area contributed by atoms with Crippen LogP contribution in [-0.2, 0) is 68.5 Å². The van der Waals surface area contributed by atoms with Crippen molar-refractivity contribution in [1.82, 2.24) is 9.97 Å². The number of rotatable bonds is 18. The number of thioether (sulfide) groups is 1. The number of nitrogen functional groups attached to an aromatic ring is 1. The Kier molecular flexibility index (Phi) is 28.9. The molecule has 26 heteroatoms. The maximum atomic E-state index is 12.8. The molecule has 0 saturated heterocycles. The Morgan fingerprint density at radius 1 is 0.613 bits per heavy atom. The third kappa shape index (κ3) is 22.0. The molecule has 2 aromatic heterocycles. The Labute approximate surface area is 462 Å². The first-order chi connectivity index (χ1) is 34.5. The largest absolute Gasteiger partial charge is 0.504 e. The molecule has 0 fully saturated rings. The monoisotopic (exact) mass is 1200 g/mol. The van der Waals surface area contributed by atoms with E-state index < -0.39 is 52.1 Å². The van der Waals surface area contributed by atoms with Crippen LogP contribution in [0.25, 0.3) is 22.2 Å². The number of nitrogens with zero attached hydrogens (tertiary/aromatic N) is 2. The predicted octanol–water partition coefficient (Wildman–Crippen LogP) is 9.94. The summed E-state index contributed by atoms with van der Waals surface area (Å²) in [6.45, 7) is 22.0. The van der Waals surface area contributed by atoms with Crippen molar-refractivity contribution in [1.29, 1.82) is 0 Å². The van der Waals surface area contributed by atoms with Gasteiger partial charge in [0.2, 0.25) is 11.8 Å². The Hall–Kier alpha value is -3.01. The minimum atomic E-state index is -3.77. The highest BCUT2D eigenvalue weighted by Gasteiger charge is 2.33. The topological polar surface area (TPSA) is 276 Å². The summed E-state index contributed by atoms with van der Waals surface area (Å²) >= 11 is 19.9. The number of aromatic nitrogens is 2. The number of aliphatic hydroxyl groups excluding tert-OH is 1. The minimum absolute atomic E-state index is 0.00685. The van der Waals surface area contributed by atoms with Crippen LogP contribution in [0.3, 0.4) is 0 Å². The Bertz CT molecular complexity index is 2900. The third-order valence-electron chi connectivity index (χ3n) is 9.63. The molecule has 0 bridgehead atoms. The van der Waals surface area contributed by atoms with Crippen LogP contribution in [0.5, 0.6) is 5.75 Å². The van der Waals surface area contributed by atoms with Crippen molar-refractivity contribution in [2.45, 2.75) is 130 Å². The first kappa shape index (κ1) is 70.0. The van der Waals surface area contributed by atoms with Crippen LogP contribution in [0, 0.1) is 0 Å². The van der Waals surface area contributed by atoms with Crippen LogP contribution in [0.4, 0.5) is 5.69 Å². The normalized spacial score (nSPS) is 14.2. The molecule has 1 unspecified atom stereocenters. The Morgan fingerprint density at radius 3 is 1.43 bits per heavy atom. The standard InChI is InChI=1S/C15H20ClNO4S.C15H20ClNO2S.C10H14ClNO4S.C5H12O4S.C4H10O2/c1-9(8-20-5)22(18,19)13-10(16)6-7-11-12(13)21-14(17-11)15(2,3)4;1-9(8-18-5)20-13-10(16)6-7-11-12(13)19-14(17-11)15(2,3)4;1-6(5-16-2)17(14,15)10-7(11)3-4-8(12)9(10)13;1-5(4-8-2)9-10(3,6)7;1-4(5)3-6-2/h6-7,9H,8H2,1-5H3;6-7,9H,8H2,1-5H3;3-4,6,13H,5,12H2,1-2H3;5H,4H2,1-3H3;4-5H,3H2,1-2H3/t9-;;6-;5-;4-/m1.100/s1. The van der Waals surface area contributed by atoms with Gasteiger partial charge >= 0.3 is 0 Å². The van der Waals surface area contributed by atoms with Gasteiger partial charge in [-0.3, -0.25) is 4.18 Å². The summed E-state index contributed by atoms with van der Waals surface area (Å²) in [6, 6.07) is 9.66. The smallest absolute Gasteiger partial charge is 0.264 e. The number of anilines is 1. The molecule has 5 rings (SSSR count). The molecule has 0 amide bonds. The van der Waals surface area contributed by atoms with Gasteiger partial charge in [-0.1, -0.05) is 83.3 Å². The third-order valence-corrected chi connectivity index (χ3v) is 17.1. The number of nitrogens with two attached hydrogens (primary N) is 1. The average molecular weight is 1200 g/mol. The number of ether oxygens (including phenoxy) is 5. The second-order valence-corrected chi connectivity index (χ2v) is 28.1. The lowest BCUT2D eigenvalue weighted by molar-refractivity contribution is 0.0765. The van der Waals surface area contributed by atoms with E-state index in [1.165, 1.54) is 46.5 Å². The zero-order valence-corrected chi connectivity index (χ0v) is 51.3. The maximum absolute atomic E-state index is 12.8. The van der Waals surface area contributed by atoms with Crippen molar-refractivity contribution < 1.29 is 72.2 Å². The van der Waals surface area contributed by atoms with E-state index in [0.29, 0.717) is 34.9 Å². The van der Waals surface area contributed by atoms with Crippen LogP contribution in [0.15, 0.2) is 59.9 Å². The van der Waals surface area contributed by atoms with E-state index >= 15 is 0 Å². The number of fused-ring (bicyclic) bond motifs is 2. The van der Waals surface area contributed by atoms with Crippen LogP contribution in [0.2, 0.25) is 15.1 Å². The lowest BCUT2D eigenvalue weighted by Crippen LogP contribution is -2.23. The van der Waals surface area contributed by atoms with Crippen molar-refractivity contribution in [2.75, 3.05) is 80.6 Å². The number of phenolic OH excluding ortho intramolecular Hbond substituents is 1. The second kappa shape index (κ2) is 31.0. The summed E-state index contributed by atoms with van der Waals surface area (Å²) in [7, 11) is -3.17. The summed E-state index contributed by atoms with van der Waals surface area (Å²) in [5.74, 6) is 0.692. The molecular formula is C49H76Cl3N3O16S4. The number of aliphatic hydroxyl groups is 1. The van der Waals surface area contributed by atoms with Crippen LogP contribution in [-0.4, -0.2) is 148 Å². The lowest BCUT2D eigenvalue weighted by atomic mass is 9.97. The molecule has 0 radical (unpaired) electrons. The molecule has 0 saturated carbocycles. The Balaban J connectivity index is 0.000000495. The molecule has 19 nitrogen and oxygen atoms in total. The molecule has 2 heterocycles. The Morgan fingerprint density at radius 2 is 1.01 bits per heavy atom. The minimum Gasteiger partial charge on any atom is -0.504 e. The number of sulfone groups is 2. The number of phenols is 1. The number of methoxy groups -OCH3 is 5. The van der Waals surface area contributed by atoms with Gasteiger partial charge in [-0.05, 0) is 64.1 Å². The number of aromatic hydroxyl groups is 1. The summed E-state index contributed by atoms with van der Waals surface area (Å²) in [4.78, 5) is 9.54. The molecule has 0 aliphatic rings. The zero-order valence-electron chi connectivity index (χ0n) is 45.7. The van der Waals surface area contributed by atoms with Crippen molar-refractivity contribution in [2.24, 2.45) is 0 Å². The highest BCUT2D eigenvalue weighted by molar-refractivity contribution is 8.00. The molecule has 5 aromatic rings. The average Bonchev–Trinajstić information content (AvgIpc) is 3.93. The van der Waals surface area contributed by atoms with Gasteiger partial charge in [0.05, 0.1) is 87.6 Å². The van der Waals surface area contributed by atoms with Gasteiger partial charge in [-0.2, -0.15) is 8.42 Å². The van der Waals surface area contributed by atoms with Gasteiger partial charge in [0, 0.05) is 51.6 Å². The SMILES string of the molecule is COCC(C)Sc1c(Cl)ccc2nc(C(C)(C)C)oc12.COC[C@@H](C)S(=O)(=O)c1c(Cl)ccc(N)c1O.COC[C@@H](C)S(=O)(=O)c1c(Cl)ccc2nc(C(C)(C)C)oc12.COC[C@H](C)O.COC[C@H](C)OS(C)(=O)=O. The number of hydrogen-bond acceptors (Lipinski definition) is 20. The van der Waals surface area contributed by atoms with E-state index in [2.05, 4.69) is 51.3 Å². The number of hydrogen-bond donors (Lipinski definition) is 3. The maximum Gasteiger partial charge on any atom is 0.264 e. The van der Waals surface area contributed by atoms with E-state index in [4.69, 9.17) is 68.7 Å². The first-order valence-corrected chi connectivity index (χ1v) is 30.0. The number of oxazole rings is 2. The quantitative estimate of drug-likeness (QED) is 0.0318. The first-order valence-electron chi connectivity index (χ1n) is 23.1. The van der Waals surface area contributed by atoms with E-state index in [1.54, 1.807) is 52.8 Å². The molecule has 0 aliphatic carbocycles. The summed E-state index contributed by atoms with van der Waals surface area (Å²) in [6.07, 6.45) is 0.286. The van der Waals surface area contributed by atoms with Gasteiger partial charge in [0.15, 0.2) is 36.6 Å². The van der Waals surface area contributed by atoms with E-state index in [1.807, 2.05) is 32.9 Å². The number of benzene rings is 3. The van der Waals surface area contributed by atoms with E-state index in [9.17, 15) is 30.4 Å². The van der Waals surface area contributed by atoms with Gasteiger partial charge < -0.3 is 48.5 Å². The van der Waals surface area contributed by atoms with Gasteiger partial charge in [0.25, 0.3) is 10.1 Å². The van der Waals surface area contributed by atoms with Crippen LogP contribution >= 0.6 is 46.6 Å². The van der Waals surface area contributed by atoms with Gasteiger partial charge in [-0.25, -0.2) is 26.8 Å². The van der Waals surface area contributed by atoms with Crippen molar-refractivity contribution in [3.8, 4) is 5.75 Å². The summed E-state index contributed by atoms with van der Waals surface area (Å²) < 4.78 is 111. The van der Waals surface area contributed by atoms with Gasteiger partial charge in [0.1, 0.15) is 20.8 Å². The fraction of sp³-hybridized carbons (Fsp3) is 0.592. The molecule has 428 valence electrons. The molecule has 0 aliphatic heterocycles. The predicted molar refractivity (Wildman–Crippen MR) is 298 cm³/mol. The molecule has 4 N–H and O–H groups in total. The molecule has 75 heavy (non-hydrogen) atoms. The molecule has 0 spiro atoms. The summed E-state index contributed by atoms with van der Waals surface area (Å²) in [5, 5.41) is 17.6. The number of halogens is 3.